The van der Waals surface area contributed by atoms with Crippen molar-refractivity contribution in [3.8, 4) is 0 Å². The number of hydrogen-bond acceptors (Lipinski definition) is 3. The third-order valence-corrected chi connectivity index (χ3v) is 4.10. The van der Waals surface area contributed by atoms with E-state index in [9.17, 15) is 9.90 Å². The summed E-state index contributed by atoms with van der Waals surface area (Å²) >= 11 is 0. The standard InChI is InChI=1S/C15H25NO3/c17-14(12-15(18)7-2-1-3-8-15)16-9-4-13-5-10-19-11-6-13/h5,18H,1-4,6-12H2,(H,16,17). The lowest BCUT2D eigenvalue weighted by molar-refractivity contribution is -0.127. The highest BCUT2D eigenvalue weighted by molar-refractivity contribution is 5.77. The second kappa shape index (κ2) is 7.06. The van der Waals surface area contributed by atoms with Crippen LogP contribution in [0.2, 0.25) is 0 Å². The number of aliphatic hydroxyl groups is 1. The van der Waals surface area contributed by atoms with Crippen LogP contribution in [-0.2, 0) is 9.53 Å². The minimum Gasteiger partial charge on any atom is -0.389 e. The molecule has 0 spiro atoms. The largest absolute Gasteiger partial charge is 0.389 e. The van der Waals surface area contributed by atoms with Crippen LogP contribution in [0.25, 0.3) is 0 Å². The second-order valence-corrected chi connectivity index (χ2v) is 5.75. The van der Waals surface area contributed by atoms with Crippen molar-refractivity contribution in [2.45, 2.75) is 57.0 Å². The topological polar surface area (TPSA) is 58.6 Å². The Morgan fingerprint density at radius 2 is 2.16 bits per heavy atom. The molecule has 19 heavy (non-hydrogen) atoms. The molecule has 0 saturated heterocycles. The highest BCUT2D eigenvalue weighted by Crippen LogP contribution is 2.30. The molecule has 2 rings (SSSR count). The van der Waals surface area contributed by atoms with E-state index in [-0.39, 0.29) is 12.3 Å². The fourth-order valence-corrected chi connectivity index (χ4v) is 2.90. The van der Waals surface area contributed by atoms with Gasteiger partial charge >= 0.3 is 0 Å². The number of ether oxygens (including phenoxy) is 1. The summed E-state index contributed by atoms with van der Waals surface area (Å²) in [5, 5.41) is 13.2. The number of amides is 1. The van der Waals surface area contributed by atoms with Gasteiger partial charge in [0.25, 0.3) is 0 Å². The van der Waals surface area contributed by atoms with Crippen LogP contribution in [0, 0.1) is 0 Å². The number of rotatable bonds is 5. The van der Waals surface area contributed by atoms with Crippen LogP contribution in [0.3, 0.4) is 0 Å². The van der Waals surface area contributed by atoms with Crippen molar-refractivity contribution >= 4 is 5.91 Å². The Morgan fingerprint density at radius 3 is 2.84 bits per heavy atom. The highest BCUT2D eigenvalue weighted by atomic mass is 16.5. The van der Waals surface area contributed by atoms with Crippen molar-refractivity contribution in [2.75, 3.05) is 19.8 Å². The van der Waals surface area contributed by atoms with E-state index in [1.807, 2.05) is 0 Å². The molecule has 4 nitrogen and oxygen atoms in total. The predicted molar refractivity (Wildman–Crippen MR) is 73.8 cm³/mol. The van der Waals surface area contributed by atoms with Crippen LogP contribution in [0.1, 0.15) is 51.4 Å². The molecule has 2 aliphatic rings. The average molecular weight is 267 g/mol. The normalized spacial score (nSPS) is 22.7. The SMILES string of the molecule is O=C(CC1(O)CCCCC1)NCCC1=CCOCC1. The molecule has 0 aromatic carbocycles. The molecular formula is C15H25NO3. The summed E-state index contributed by atoms with van der Waals surface area (Å²) in [5.41, 5.74) is 0.614. The summed E-state index contributed by atoms with van der Waals surface area (Å²) < 4.78 is 5.24. The molecule has 0 aromatic rings. The molecule has 0 radical (unpaired) electrons. The molecule has 0 aromatic heterocycles. The Labute approximate surface area is 115 Å². The van der Waals surface area contributed by atoms with Crippen LogP contribution < -0.4 is 5.32 Å². The molecule has 1 aliphatic carbocycles. The van der Waals surface area contributed by atoms with Crippen LogP contribution in [0.5, 0.6) is 0 Å². The van der Waals surface area contributed by atoms with Gasteiger partial charge in [0.1, 0.15) is 0 Å². The highest BCUT2D eigenvalue weighted by Gasteiger charge is 2.31. The molecule has 1 fully saturated rings. The van der Waals surface area contributed by atoms with Gasteiger partial charge in [0.15, 0.2) is 0 Å². The maximum atomic E-state index is 11.8. The minimum absolute atomic E-state index is 0.0166. The number of carbonyl (C=O) groups is 1. The van der Waals surface area contributed by atoms with Gasteiger partial charge in [0.2, 0.25) is 5.91 Å². The van der Waals surface area contributed by atoms with Crippen molar-refractivity contribution in [1.29, 1.82) is 0 Å². The Balaban J connectivity index is 1.65. The number of hydrogen-bond donors (Lipinski definition) is 2. The zero-order valence-electron chi connectivity index (χ0n) is 11.6. The quantitative estimate of drug-likeness (QED) is 0.748. The predicted octanol–water partition coefficient (Wildman–Crippen LogP) is 1.92. The molecule has 0 bridgehead atoms. The van der Waals surface area contributed by atoms with Crippen molar-refractivity contribution in [2.24, 2.45) is 0 Å². The van der Waals surface area contributed by atoms with E-state index in [0.717, 1.165) is 45.1 Å². The molecule has 108 valence electrons. The van der Waals surface area contributed by atoms with E-state index in [2.05, 4.69) is 11.4 Å². The summed E-state index contributed by atoms with van der Waals surface area (Å²) in [6, 6.07) is 0. The van der Waals surface area contributed by atoms with Gasteiger partial charge in [-0.3, -0.25) is 4.79 Å². The van der Waals surface area contributed by atoms with Gasteiger partial charge in [-0.05, 0) is 25.7 Å². The lowest BCUT2D eigenvalue weighted by Crippen LogP contribution is -2.38. The summed E-state index contributed by atoms with van der Waals surface area (Å²) in [6.45, 7) is 2.16. The summed E-state index contributed by atoms with van der Waals surface area (Å²) in [6.07, 6.45) is 9.02. The smallest absolute Gasteiger partial charge is 0.222 e. The van der Waals surface area contributed by atoms with Crippen LogP contribution >= 0.6 is 0 Å². The molecule has 1 heterocycles. The average Bonchev–Trinajstić information content (AvgIpc) is 2.40. The third-order valence-electron chi connectivity index (χ3n) is 4.10. The lowest BCUT2D eigenvalue weighted by Gasteiger charge is -2.31. The minimum atomic E-state index is -0.750. The van der Waals surface area contributed by atoms with Gasteiger partial charge in [0.05, 0.1) is 25.2 Å². The first kappa shape index (κ1) is 14.5. The molecule has 1 aliphatic heterocycles. The first-order valence-electron chi connectivity index (χ1n) is 7.43. The van der Waals surface area contributed by atoms with Crippen LogP contribution in [-0.4, -0.2) is 36.4 Å². The summed E-state index contributed by atoms with van der Waals surface area (Å²) in [7, 11) is 0. The zero-order chi connectivity index (χ0) is 13.6. The third kappa shape index (κ3) is 4.96. The Kier molecular flexibility index (Phi) is 5.40. The molecular weight excluding hydrogens is 242 g/mol. The van der Waals surface area contributed by atoms with Gasteiger partial charge in [-0.25, -0.2) is 0 Å². The van der Waals surface area contributed by atoms with Crippen molar-refractivity contribution in [3.05, 3.63) is 11.6 Å². The van der Waals surface area contributed by atoms with Crippen molar-refractivity contribution < 1.29 is 14.6 Å². The summed E-state index contributed by atoms with van der Waals surface area (Å²) in [5.74, 6) is -0.0166. The van der Waals surface area contributed by atoms with E-state index >= 15 is 0 Å². The van der Waals surface area contributed by atoms with Gasteiger partial charge in [0, 0.05) is 6.54 Å². The Morgan fingerprint density at radius 1 is 1.37 bits per heavy atom. The maximum absolute atomic E-state index is 11.8. The van der Waals surface area contributed by atoms with E-state index in [1.54, 1.807) is 0 Å². The molecule has 1 amide bonds. The van der Waals surface area contributed by atoms with Gasteiger partial charge in [-0.1, -0.05) is 30.9 Å². The fourth-order valence-electron chi connectivity index (χ4n) is 2.90. The molecule has 0 atom stereocenters. The van der Waals surface area contributed by atoms with Crippen molar-refractivity contribution in [3.63, 3.8) is 0 Å². The molecule has 1 saturated carbocycles. The number of carbonyl (C=O) groups excluding carboxylic acids is 1. The monoisotopic (exact) mass is 267 g/mol. The van der Waals surface area contributed by atoms with E-state index in [4.69, 9.17) is 4.74 Å². The Hall–Kier alpha value is -0.870. The number of nitrogens with one attached hydrogen (secondary N) is 1. The fraction of sp³-hybridized carbons (Fsp3) is 0.800. The first-order chi connectivity index (χ1) is 9.18. The Bertz CT molecular complexity index is 332. The zero-order valence-corrected chi connectivity index (χ0v) is 11.6. The van der Waals surface area contributed by atoms with E-state index < -0.39 is 5.60 Å². The maximum Gasteiger partial charge on any atom is 0.222 e. The van der Waals surface area contributed by atoms with Gasteiger partial charge in [-0.2, -0.15) is 0 Å². The second-order valence-electron chi connectivity index (χ2n) is 5.75. The van der Waals surface area contributed by atoms with Crippen LogP contribution in [0.15, 0.2) is 11.6 Å². The molecule has 4 heteroatoms. The molecule has 0 unspecified atom stereocenters. The van der Waals surface area contributed by atoms with E-state index in [0.29, 0.717) is 13.2 Å². The first-order valence-corrected chi connectivity index (χ1v) is 7.43. The summed E-state index contributed by atoms with van der Waals surface area (Å²) in [4.78, 5) is 11.8. The van der Waals surface area contributed by atoms with Gasteiger partial charge in [-0.15, -0.1) is 0 Å². The lowest BCUT2D eigenvalue weighted by atomic mass is 9.82. The van der Waals surface area contributed by atoms with Crippen LogP contribution in [0.4, 0.5) is 0 Å². The van der Waals surface area contributed by atoms with Gasteiger partial charge < -0.3 is 15.2 Å². The molecule has 2 N–H and O–H groups in total. The van der Waals surface area contributed by atoms with E-state index in [1.165, 1.54) is 12.0 Å². The van der Waals surface area contributed by atoms with Crippen molar-refractivity contribution in [1.82, 2.24) is 5.32 Å².